The lowest BCUT2D eigenvalue weighted by molar-refractivity contribution is 0.475. The monoisotopic (exact) mass is 201 g/mol. The molecule has 0 aliphatic heterocycles. The Balaban J connectivity index is 2.26. The number of hydrogen-bond donors (Lipinski definition) is 3. The van der Waals surface area contributed by atoms with Crippen LogP contribution in [-0.2, 0) is 0 Å². The van der Waals surface area contributed by atoms with Gasteiger partial charge in [0.05, 0.1) is 5.69 Å². The Bertz CT molecular complexity index is 469. The van der Waals surface area contributed by atoms with Gasteiger partial charge in [-0.05, 0) is 24.3 Å². The van der Waals surface area contributed by atoms with Crippen LogP contribution >= 0.6 is 0 Å². The zero-order valence-electron chi connectivity index (χ0n) is 8.01. The van der Waals surface area contributed by atoms with Gasteiger partial charge in [0.1, 0.15) is 11.5 Å². The maximum atomic E-state index is 9.52. The van der Waals surface area contributed by atoms with E-state index in [2.05, 4.69) is 5.32 Å². The predicted molar refractivity (Wildman–Crippen MR) is 59.5 cm³/mol. The SMILES string of the molecule is Oc1cccc(Nc2ccccc2O)c1. The molecule has 0 aliphatic carbocycles. The number of anilines is 2. The molecule has 0 saturated carbocycles. The number of para-hydroxylation sites is 2. The van der Waals surface area contributed by atoms with E-state index in [0.29, 0.717) is 5.69 Å². The molecule has 2 aromatic carbocycles. The normalized spacial score (nSPS) is 9.87. The van der Waals surface area contributed by atoms with Crippen molar-refractivity contribution >= 4 is 11.4 Å². The summed E-state index contributed by atoms with van der Waals surface area (Å²) in [5.74, 6) is 0.372. The van der Waals surface area contributed by atoms with Crippen LogP contribution < -0.4 is 5.32 Å². The lowest BCUT2D eigenvalue weighted by atomic mass is 10.2. The molecule has 76 valence electrons. The van der Waals surface area contributed by atoms with Crippen LogP contribution in [0.4, 0.5) is 11.4 Å². The first-order valence-electron chi connectivity index (χ1n) is 4.60. The Kier molecular flexibility index (Phi) is 2.46. The summed E-state index contributed by atoms with van der Waals surface area (Å²) in [7, 11) is 0. The fraction of sp³-hybridized carbons (Fsp3) is 0. The summed E-state index contributed by atoms with van der Waals surface area (Å²) < 4.78 is 0. The van der Waals surface area contributed by atoms with Crippen LogP contribution in [0.1, 0.15) is 0 Å². The molecule has 0 unspecified atom stereocenters. The van der Waals surface area contributed by atoms with Crippen molar-refractivity contribution in [3.8, 4) is 11.5 Å². The molecule has 0 radical (unpaired) electrons. The van der Waals surface area contributed by atoms with Crippen molar-refractivity contribution in [1.82, 2.24) is 0 Å². The van der Waals surface area contributed by atoms with Gasteiger partial charge in [-0.2, -0.15) is 0 Å². The minimum Gasteiger partial charge on any atom is -0.508 e. The molecule has 0 atom stereocenters. The first-order valence-corrected chi connectivity index (χ1v) is 4.60. The quantitative estimate of drug-likeness (QED) is 0.655. The number of hydrogen-bond acceptors (Lipinski definition) is 3. The van der Waals surface area contributed by atoms with E-state index in [1.165, 1.54) is 0 Å². The van der Waals surface area contributed by atoms with E-state index in [1.807, 2.05) is 12.1 Å². The first-order chi connectivity index (χ1) is 7.25. The number of benzene rings is 2. The van der Waals surface area contributed by atoms with Crippen molar-refractivity contribution < 1.29 is 10.2 Å². The number of aromatic hydroxyl groups is 2. The Hall–Kier alpha value is -2.16. The fourth-order valence-corrected chi connectivity index (χ4v) is 1.32. The number of nitrogens with one attached hydrogen (secondary N) is 1. The van der Waals surface area contributed by atoms with Crippen LogP contribution in [0.2, 0.25) is 0 Å². The van der Waals surface area contributed by atoms with Crippen molar-refractivity contribution in [2.24, 2.45) is 0 Å². The van der Waals surface area contributed by atoms with Crippen LogP contribution in [0.3, 0.4) is 0 Å². The molecule has 3 heteroatoms. The summed E-state index contributed by atoms with van der Waals surface area (Å²) in [6, 6.07) is 13.7. The molecular formula is C12H11NO2. The first kappa shape index (κ1) is 9.40. The van der Waals surface area contributed by atoms with Gasteiger partial charge >= 0.3 is 0 Å². The molecule has 0 aliphatic rings. The van der Waals surface area contributed by atoms with Gasteiger partial charge in [-0.3, -0.25) is 0 Å². The van der Waals surface area contributed by atoms with Gasteiger partial charge in [0.15, 0.2) is 0 Å². The van der Waals surface area contributed by atoms with Crippen molar-refractivity contribution in [3.63, 3.8) is 0 Å². The average Bonchev–Trinajstić information content (AvgIpc) is 2.22. The Labute approximate surface area is 87.6 Å². The molecule has 0 spiro atoms. The van der Waals surface area contributed by atoms with Gasteiger partial charge in [-0.25, -0.2) is 0 Å². The van der Waals surface area contributed by atoms with E-state index in [0.717, 1.165) is 5.69 Å². The van der Waals surface area contributed by atoms with E-state index in [1.54, 1.807) is 36.4 Å². The van der Waals surface area contributed by atoms with E-state index in [-0.39, 0.29) is 11.5 Å². The maximum Gasteiger partial charge on any atom is 0.139 e. The summed E-state index contributed by atoms with van der Waals surface area (Å²) in [5, 5.41) is 21.8. The second-order valence-corrected chi connectivity index (χ2v) is 3.19. The van der Waals surface area contributed by atoms with Crippen LogP contribution in [0.5, 0.6) is 11.5 Å². The second kappa shape index (κ2) is 3.92. The summed E-state index contributed by atoms with van der Waals surface area (Å²) >= 11 is 0. The summed E-state index contributed by atoms with van der Waals surface area (Å²) in [6.07, 6.45) is 0. The minimum absolute atomic E-state index is 0.181. The highest BCUT2D eigenvalue weighted by Crippen LogP contribution is 2.26. The Morgan fingerprint density at radius 2 is 1.67 bits per heavy atom. The van der Waals surface area contributed by atoms with Crippen LogP contribution in [0, 0.1) is 0 Å². The summed E-state index contributed by atoms with van der Waals surface area (Å²) in [4.78, 5) is 0. The third-order valence-corrected chi connectivity index (χ3v) is 2.03. The average molecular weight is 201 g/mol. The minimum atomic E-state index is 0.181. The largest absolute Gasteiger partial charge is 0.508 e. The highest BCUT2D eigenvalue weighted by atomic mass is 16.3. The van der Waals surface area contributed by atoms with E-state index in [9.17, 15) is 10.2 Å². The molecule has 0 amide bonds. The fourth-order valence-electron chi connectivity index (χ4n) is 1.32. The molecule has 0 fully saturated rings. The molecular weight excluding hydrogens is 190 g/mol. The Morgan fingerprint density at radius 3 is 2.40 bits per heavy atom. The van der Waals surface area contributed by atoms with Gasteiger partial charge in [0, 0.05) is 11.8 Å². The molecule has 2 rings (SSSR count). The van der Waals surface area contributed by atoms with E-state index >= 15 is 0 Å². The highest BCUT2D eigenvalue weighted by molar-refractivity contribution is 5.66. The zero-order chi connectivity index (χ0) is 10.7. The van der Waals surface area contributed by atoms with Crippen molar-refractivity contribution in [2.75, 3.05) is 5.32 Å². The number of phenols is 2. The third-order valence-electron chi connectivity index (χ3n) is 2.03. The molecule has 2 aromatic rings. The molecule has 0 aromatic heterocycles. The molecule has 0 heterocycles. The van der Waals surface area contributed by atoms with E-state index in [4.69, 9.17) is 0 Å². The van der Waals surface area contributed by atoms with Crippen molar-refractivity contribution in [1.29, 1.82) is 0 Å². The Morgan fingerprint density at radius 1 is 0.867 bits per heavy atom. The predicted octanol–water partition coefficient (Wildman–Crippen LogP) is 2.84. The molecule has 3 N–H and O–H groups in total. The van der Waals surface area contributed by atoms with Crippen LogP contribution in [0.15, 0.2) is 48.5 Å². The topological polar surface area (TPSA) is 52.5 Å². The number of phenolic OH excluding ortho intramolecular Hbond substituents is 2. The van der Waals surface area contributed by atoms with Gasteiger partial charge in [-0.1, -0.05) is 18.2 Å². The highest BCUT2D eigenvalue weighted by Gasteiger charge is 1.99. The van der Waals surface area contributed by atoms with Gasteiger partial charge in [0.25, 0.3) is 0 Å². The van der Waals surface area contributed by atoms with Gasteiger partial charge < -0.3 is 15.5 Å². The van der Waals surface area contributed by atoms with E-state index < -0.39 is 0 Å². The molecule has 0 bridgehead atoms. The third kappa shape index (κ3) is 2.20. The van der Waals surface area contributed by atoms with Gasteiger partial charge in [-0.15, -0.1) is 0 Å². The van der Waals surface area contributed by atoms with Crippen LogP contribution in [-0.4, -0.2) is 10.2 Å². The lowest BCUT2D eigenvalue weighted by Gasteiger charge is -2.07. The zero-order valence-corrected chi connectivity index (χ0v) is 8.01. The number of rotatable bonds is 2. The molecule has 0 saturated heterocycles. The smallest absolute Gasteiger partial charge is 0.139 e. The summed E-state index contributed by atoms with van der Waals surface area (Å²) in [5.41, 5.74) is 1.35. The van der Waals surface area contributed by atoms with Crippen LogP contribution in [0.25, 0.3) is 0 Å². The summed E-state index contributed by atoms with van der Waals surface area (Å²) in [6.45, 7) is 0. The molecule has 15 heavy (non-hydrogen) atoms. The maximum absolute atomic E-state index is 9.52. The second-order valence-electron chi connectivity index (χ2n) is 3.19. The van der Waals surface area contributed by atoms with Gasteiger partial charge in [0.2, 0.25) is 0 Å². The molecule has 3 nitrogen and oxygen atoms in total. The van der Waals surface area contributed by atoms with Crippen molar-refractivity contribution in [3.05, 3.63) is 48.5 Å². The lowest BCUT2D eigenvalue weighted by Crippen LogP contribution is -1.89. The standard InChI is InChI=1S/C12H11NO2/c14-10-5-3-4-9(8-10)13-11-6-1-2-7-12(11)15/h1-8,13-15H. The van der Waals surface area contributed by atoms with Crippen molar-refractivity contribution in [2.45, 2.75) is 0 Å².